The van der Waals surface area contributed by atoms with Gasteiger partial charge in [-0.05, 0) is 61.7 Å². The Hall–Kier alpha value is -3.02. The maximum absolute atomic E-state index is 14.3. The standard InChI is InChI=1S/C22H22FN3O3S/c1-2-29-21-9-8-19(30(25,27)28)14-22(21,13-18-5-3-4-10-26-18)12-16-6-7-17(15-24)20(23)11-16/h3-11H,2,12-14H2,1H3,(H2,25,27,28). The zero-order valence-electron chi connectivity index (χ0n) is 16.5. The first-order chi connectivity index (χ1) is 14.3. The molecule has 0 bridgehead atoms. The average Bonchev–Trinajstić information content (AvgIpc) is 2.70. The summed E-state index contributed by atoms with van der Waals surface area (Å²) in [7, 11) is -3.92. The van der Waals surface area contributed by atoms with Crippen molar-refractivity contribution in [2.24, 2.45) is 10.6 Å². The molecular weight excluding hydrogens is 405 g/mol. The molecule has 1 atom stereocenters. The van der Waals surface area contributed by atoms with Crippen molar-refractivity contribution in [1.29, 1.82) is 5.26 Å². The summed E-state index contributed by atoms with van der Waals surface area (Å²) in [5.41, 5.74) is 0.477. The molecule has 3 rings (SSSR count). The van der Waals surface area contributed by atoms with Crippen LogP contribution >= 0.6 is 0 Å². The molecule has 0 saturated heterocycles. The van der Waals surface area contributed by atoms with Crippen LogP contribution in [0, 0.1) is 22.6 Å². The van der Waals surface area contributed by atoms with Crippen molar-refractivity contribution in [3.63, 3.8) is 0 Å². The number of nitriles is 1. The molecular formula is C22H22FN3O3S. The second kappa shape index (κ2) is 8.78. The van der Waals surface area contributed by atoms with Gasteiger partial charge < -0.3 is 4.74 Å². The molecule has 1 aliphatic carbocycles. The molecule has 2 aromatic rings. The lowest BCUT2D eigenvalue weighted by atomic mass is 9.71. The second-order valence-electron chi connectivity index (χ2n) is 7.20. The number of halogens is 1. The van der Waals surface area contributed by atoms with Crippen LogP contribution in [0.25, 0.3) is 0 Å². The normalized spacial score (nSPS) is 18.9. The van der Waals surface area contributed by atoms with Crippen molar-refractivity contribution >= 4 is 10.0 Å². The topological polar surface area (TPSA) is 106 Å². The first-order valence-electron chi connectivity index (χ1n) is 9.43. The molecule has 1 aromatic carbocycles. The second-order valence-corrected chi connectivity index (χ2v) is 8.81. The average molecular weight is 428 g/mol. The van der Waals surface area contributed by atoms with Gasteiger partial charge in [0.1, 0.15) is 17.6 Å². The van der Waals surface area contributed by atoms with Crippen LogP contribution in [0.3, 0.4) is 0 Å². The van der Waals surface area contributed by atoms with Crippen molar-refractivity contribution in [2.45, 2.75) is 26.2 Å². The van der Waals surface area contributed by atoms with E-state index >= 15 is 0 Å². The van der Waals surface area contributed by atoms with Crippen LogP contribution in [0.2, 0.25) is 0 Å². The quantitative estimate of drug-likeness (QED) is 0.729. The van der Waals surface area contributed by atoms with Gasteiger partial charge in [-0.1, -0.05) is 12.1 Å². The summed E-state index contributed by atoms with van der Waals surface area (Å²) < 4.78 is 44.4. The minimum Gasteiger partial charge on any atom is -0.498 e. The Morgan fingerprint density at radius 2 is 2.07 bits per heavy atom. The highest BCUT2D eigenvalue weighted by Crippen LogP contribution is 2.45. The fraction of sp³-hybridized carbons (Fsp3) is 0.273. The number of nitrogens with zero attached hydrogens (tertiary/aromatic N) is 2. The number of sulfonamides is 1. The number of nitrogens with two attached hydrogens (primary N) is 1. The van der Waals surface area contributed by atoms with Gasteiger partial charge >= 0.3 is 0 Å². The number of hydrogen-bond acceptors (Lipinski definition) is 5. The maximum atomic E-state index is 14.3. The molecule has 8 heteroatoms. The monoisotopic (exact) mass is 427 g/mol. The van der Waals surface area contributed by atoms with Crippen molar-refractivity contribution in [3.05, 3.63) is 88.0 Å². The fourth-order valence-electron chi connectivity index (χ4n) is 3.74. The molecule has 1 heterocycles. The number of hydrogen-bond donors (Lipinski definition) is 1. The number of rotatable bonds is 7. The van der Waals surface area contributed by atoms with E-state index in [-0.39, 0.29) is 23.3 Å². The van der Waals surface area contributed by atoms with Crippen LogP contribution in [-0.2, 0) is 27.6 Å². The third-order valence-electron chi connectivity index (χ3n) is 5.06. The third-order valence-corrected chi connectivity index (χ3v) is 6.07. The molecule has 1 unspecified atom stereocenters. The Morgan fingerprint density at radius 1 is 1.27 bits per heavy atom. The maximum Gasteiger partial charge on any atom is 0.234 e. The van der Waals surface area contributed by atoms with Crippen molar-refractivity contribution in [1.82, 2.24) is 4.98 Å². The molecule has 0 aliphatic heterocycles. The van der Waals surface area contributed by atoms with Gasteiger partial charge in [0.05, 0.1) is 17.1 Å². The zero-order chi connectivity index (χ0) is 21.8. The zero-order valence-corrected chi connectivity index (χ0v) is 17.3. The lowest BCUT2D eigenvalue weighted by molar-refractivity contribution is 0.129. The van der Waals surface area contributed by atoms with E-state index < -0.39 is 21.3 Å². The van der Waals surface area contributed by atoms with Gasteiger partial charge in [-0.3, -0.25) is 4.98 Å². The highest BCUT2D eigenvalue weighted by atomic mass is 32.2. The summed E-state index contributed by atoms with van der Waals surface area (Å²) >= 11 is 0. The lowest BCUT2D eigenvalue weighted by Crippen LogP contribution is -2.35. The number of ether oxygens (including phenoxy) is 1. The Balaban J connectivity index is 2.11. The van der Waals surface area contributed by atoms with Gasteiger partial charge in [-0.15, -0.1) is 0 Å². The lowest BCUT2D eigenvalue weighted by Gasteiger charge is -2.38. The van der Waals surface area contributed by atoms with Gasteiger partial charge in [0, 0.05) is 23.7 Å². The molecule has 30 heavy (non-hydrogen) atoms. The molecule has 0 fully saturated rings. The highest BCUT2D eigenvalue weighted by Gasteiger charge is 2.41. The summed E-state index contributed by atoms with van der Waals surface area (Å²) in [6.45, 7) is 2.22. The van der Waals surface area contributed by atoms with Gasteiger partial charge in [0.15, 0.2) is 0 Å². The summed E-state index contributed by atoms with van der Waals surface area (Å²) in [6.07, 6.45) is 5.48. The van der Waals surface area contributed by atoms with Gasteiger partial charge in [0.2, 0.25) is 10.0 Å². The Kier molecular flexibility index (Phi) is 6.34. The van der Waals surface area contributed by atoms with Crippen LogP contribution in [0.1, 0.15) is 30.2 Å². The molecule has 2 N–H and O–H groups in total. The molecule has 0 amide bonds. The van der Waals surface area contributed by atoms with Crippen molar-refractivity contribution in [2.75, 3.05) is 6.61 Å². The third kappa shape index (κ3) is 4.75. The smallest absolute Gasteiger partial charge is 0.234 e. The highest BCUT2D eigenvalue weighted by molar-refractivity contribution is 7.93. The van der Waals surface area contributed by atoms with Crippen LogP contribution in [0.15, 0.2) is 65.4 Å². The summed E-state index contributed by atoms with van der Waals surface area (Å²) in [4.78, 5) is 4.47. The predicted molar refractivity (Wildman–Crippen MR) is 111 cm³/mol. The van der Waals surface area contributed by atoms with E-state index in [4.69, 9.17) is 15.1 Å². The van der Waals surface area contributed by atoms with E-state index in [1.807, 2.05) is 19.1 Å². The van der Waals surface area contributed by atoms with Gasteiger partial charge in [0.25, 0.3) is 0 Å². The number of aromatic nitrogens is 1. The number of primary sulfonamides is 1. The van der Waals surface area contributed by atoms with Crippen LogP contribution < -0.4 is 5.14 Å². The van der Waals surface area contributed by atoms with E-state index in [2.05, 4.69) is 4.98 Å². The number of pyridine rings is 1. The first-order valence-corrected chi connectivity index (χ1v) is 11.0. The Bertz CT molecular complexity index is 1140. The first kappa shape index (κ1) is 21.7. The molecule has 6 nitrogen and oxygen atoms in total. The van der Waals surface area contributed by atoms with Crippen LogP contribution in [0.4, 0.5) is 4.39 Å². The summed E-state index contributed by atoms with van der Waals surface area (Å²) in [5, 5.41) is 14.4. The number of benzene rings is 1. The number of allylic oxidation sites excluding steroid dienone is 4. The summed E-state index contributed by atoms with van der Waals surface area (Å²) in [5.74, 6) is -0.0317. The SMILES string of the molecule is CCOC1=CC=C(S(N)(=O)=O)CC1(Cc1ccc(C#N)c(F)c1)Cc1ccccn1. The molecule has 1 aromatic heterocycles. The molecule has 156 valence electrons. The minimum absolute atomic E-state index is 0.0492. The Morgan fingerprint density at radius 3 is 2.67 bits per heavy atom. The van der Waals surface area contributed by atoms with Crippen molar-refractivity contribution < 1.29 is 17.5 Å². The minimum atomic E-state index is -3.92. The molecule has 0 radical (unpaired) electrons. The van der Waals surface area contributed by atoms with E-state index in [0.29, 0.717) is 24.4 Å². The van der Waals surface area contributed by atoms with E-state index in [1.165, 1.54) is 18.2 Å². The van der Waals surface area contributed by atoms with Crippen LogP contribution in [0.5, 0.6) is 0 Å². The van der Waals surface area contributed by atoms with Gasteiger partial charge in [-0.2, -0.15) is 5.26 Å². The summed E-state index contributed by atoms with van der Waals surface area (Å²) in [6, 6.07) is 11.7. The molecule has 0 saturated carbocycles. The van der Waals surface area contributed by atoms with E-state index in [0.717, 1.165) is 5.69 Å². The van der Waals surface area contributed by atoms with Gasteiger partial charge in [-0.25, -0.2) is 17.9 Å². The largest absolute Gasteiger partial charge is 0.498 e. The van der Waals surface area contributed by atoms with Crippen molar-refractivity contribution in [3.8, 4) is 6.07 Å². The fourth-order valence-corrected chi connectivity index (χ4v) is 4.47. The molecule has 1 aliphatic rings. The van der Waals surface area contributed by atoms with E-state index in [9.17, 15) is 12.8 Å². The van der Waals surface area contributed by atoms with E-state index in [1.54, 1.807) is 30.5 Å². The predicted octanol–water partition coefficient (Wildman–Crippen LogP) is 3.36. The van der Waals surface area contributed by atoms with Crippen LogP contribution in [-0.4, -0.2) is 20.0 Å². The molecule has 0 spiro atoms. The Labute approximate surface area is 175 Å².